The zero-order chi connectivity index (χ0) is 44.5. The lowest BCUT2D eigenvalue weighted by Crippen LogP contribution is -2.16. The fourth-order valence-corrected chi connectivity index (χ4v) is 6.79. The van der Waals surface area contributed by atoms with E-state index in [0.29, 0.717) is 5.75 Å². The van der Waals surface area contributed by atoms with Gasteiger partial charge in [-0.15, -0.1) is 0 Å². The van der Waals surface area contributed by atoms with Gasteiger partial charge in [0.15, 0.2) is 0 Å². The molecule has 0 saturated carbocycles. The van der Waals surface area contributed by atoms with Gasteiger partial charge in [0.25, 0.3) is 0 Å². The fourth-order valence-electron chi connectivity index (χ4n) is 6.79. The Morgan fingerprint density at radius 1 is 0.438 bits per heavy atom. The summed E-state index contributed by atoms with van der Waals surface area (Å²) in [5.74, 6) is 0.795. The molecule has 9 nitrogen and oxygen atoms in total. The Morgan fingerprint density at radius 3 is 1.22 bits per heavy atom. The van der Waals surface area contributed by atoms with E-state index in [2.05, 4.69) is 174 Å². The van der Waals surface area contributed by atoms with Gasteiger partial charge in [-0.1, -0.05) is 109 Å². The fraction of sp³-hybridized carbons (Fsp3) is 0.127. The first kappa shape index (κ1) is 44.2. The van der Waals surface area contributed by atoms with Crippen LogP contribution >= 0.6 is 0 Å². The minimum Gasteiger partial charge on any atom is -0.497 e. The van der Waals surface area contributed by atoms with Gasteiger partial charge in [0.2, 0.25) is 0 Å². The number of hydrogen-bond donors (Lipinski definition) is 0. The molecule has 322 valence electrons. The second-order valence-electron chi connectivity index (χ2n) is 14.7. The summed E-state index contributed by atoms with van der Waals surface area (Å²) in [5.41, 5.74) is 11.6. The highest BCUT2D eigenvalue weighted by molar-refractivity contribution is 5.80. The Balaban J connectivity index is 0.958. The molecule has 7 aromatic carbocycles. The number of methoxy groups -OCH3 is 1. The third-order valence-electron chi connectivity index (χ3n) is 10.1. The molecule has 0 aromatic heterocycles. The van der Waals surface area contributed by atoms with Crippen molar-refractivity contribution in [2.45, 2.75) is 13.8 Å². The van der Waals surface area contributed by atoms with E-state index in [9.17, 15) is 9.59 Å². The van der Waals surface area contributed by atoms with Crippen LogP contribution in [0, 0.1) is 6.92 Å². The Morgan fingerprint density at radius 2 is 0.797 bits per heavy atom. The molecule has 64 heavy (non-hydrogen) atoms. The lowest BCUT2D eigenvalue weighted by atomic mass is 10.1. The number of anilines is 6. The van der Waals surface area contributed by atoms with Crippen molar-refractivity contribution in [1.82, 2.24) is 0 Å². The van der Waals surface area contributed by atoms with E-state index in [0.717, 1.165) is 67.7 Å². The first-order valence-corrected chi connectivity index (χ1v) is 21.0. The van der Waals surface area contributed by atoms with Crippen LogP contribution in [0.2, 0.25) is 0 Å². The maximum atomic E-state index is 12.3. The third kappa shape index (κ3) is 12.6. The predicted molar refractivity (Wildman–Crippen MR) is 257 cm³/mol. The molecule has 0 unspecified atom stereocenters. The standard InChI is InChI=1S/C55H50N2O7/c1-41-9-23-48(24-10-41)57(52-31-35-54(36-32-52)64-55(59)63-40-38-61-37-39-62-42(2)58)50-27-21-46(22-28-50)18-16-44-13-11-43(12-14-44)15-17-45-19-25-49(26-20-45)56(47-7-5-4-6-8-47)51-29-33-53(60-3)34-30-51/h4-36H,37-40H2,1-3H3/b17-15+,18-16+. The smallest absolute Gasteiger partial charge is 0.497 e. The molecule has 7 rings (SSSR count). The predicted octanol–water partition coefficient (Wildman–Crippen LogP) is 13.4. The summed E-state index contributed by atoms with van der Waals surface area (Å²) in [6.07, 6.45) is 7.65. The third-order valence-corrected chi connectivity index (χ3v) is 10.1. The maximum absolute atomic E-state index is 12.3. The zero-order valence-electron chi connectivity index (χ0n) is 36.1. The van der Waals surface area contributed by atoms with Gasteiger partial charge < -0.3 is 33.5 Å². The van der Waals surface area contributed by atoms with Crippen molar-refractivity contribution in [3.05, 3.63) is 204 Å². The monoisotopic (exact) mass is 850 g/mol. The molecule has 0 amide bonds. The van der Waals surface area contributed by atoms with Crippen molar-refractivity contribution in [2.24, 2.45) is 0 Å². The normalized spacial score (nSPS) is 11.0. The minimum absolute atomic E-state index is 0.00741. The van der Waals surface area contributed by atoms with Crippen LogP contribution in [0.15, 0.2) is 176 Å². The molecule has 0 fully saturated rings. The van der Waals surface area contributed by atoms with Gasteiger partial charge in [0.1, 0.15) is 24.7 Å². The van der Waals surface area contributed by atoms with E-state index in [4.69, 9.17) is 23.7 Å². The highest BCUT2D eigenvalue weighted by atomic mass is 16.7. The topological polar surface area (TPSA) is 86.8 Å². The number of ether oxygens (including phenoxy) is 5. The van der Waals surface area contributed by atoms with Gasteiger partial charge in [-0.2, -0.15) is 0 Å². The van der Waals surface area contributed by atoms with Gasteiger partial charge in [0, 0.05) is 41.0 Å². The van der Waals surface area contributed by atoms with Crippen LogP contribution in [0.5, 0.6) is 11.5 Å². The molecule has 0 spiro atoms. The lowest BCUT2D eigenvalue weighted by Gasteiger charge is -2.26. The van der Waals surface area contributed by atoms with Crippen LogP contribution in [0.1, 0.15) is 34.7 Å². The molecule has 9 heteroatoms. The van der Waals surface area contributed by atoms with E-state index < -0.39 is 6.16 Å². The molecule has 0 aliphatic rings. The first-order chi connectivity index (χ1) is 31.3. The maximum Gasteiger partial charge on any atom is 0.513 e. The average Bonchev–Trinajstić information content (AvgIpc) is 3.33. The number of hydrogen-bond acceptors (Lipinski definition) is 9. The highest BCUT2D eigenvalue weighted by Crippen LogP contribution is 2.37. The van der Waals surface area contributed by atoms with Crippen molar-refractivity contribution in [3.63, 3.8) is 0 Å². The molecule has 7 aromatic rings. The Kier molecular flexibility index (Phi) is 15.4. The van der Waals surface area contributed by atoms with Gasteiger partial charge >= 0.3 is 12.1 Å². The molecule has 0 aliphatic carbocycles. The second kappa shape index (κ2) is 22.3. The summed E-state index contributed by atoms with van der Waals surface area (Å²) >= 11 is 0. The first-order valence-electron chi connectivity index (χ1n) is 21.0. The van der Waals surface area contributed by atoms with E-state index in [1.165, 1.54) is 6.92 Å². The highest BCUT2D eigenvalue weighted by Gasteiger charge is 2.15. The van der Waals surface area contributed by atoms with Crippen LogP contribution in [-0.2, 0) is 19.0 Å². The molecule has 0 bridgehead atoms. The summed E-state index contributed by atoms with van der Waals surface area (Å²) < 4.78 is 26.0. The van der Waals surface area contributed by atoms with E-state index >= 15 is 0 Å². The quantitative estimate of drug-likeness (QED) is 0.0362. The number of para-hydroxylation sites is 1. The Labute approximate surface area is 375 Å². The van der Waals surface area contributed by atoms with Crippen molar-refractivity contribution in [3.8, 4) is 11.5 Å². The molecule has 0 radical (unpaired) electrons. The Bertz CT molecular complexity index is 2610. The van der Waals surface area contributed by atoms with Crippen LogP contribution < -0.4 is 19.3 Å². The number of carbonyl (C=O) groups excluding carboxylic acids is 2. The molecular weight excluding hydrogens is 801 g/mol. The van der Waals surface area contributed by atoms with Crippen molar-refractivity contribution in [2.75, 3.05) is 43.3 Å². The number of esters is 1. The molecule has 0 atom stereocenters. The minimum atomic E-state index is -0.834. The molecule has 0 saturated heterocycles. The van der Waals surface area contributed by atoms with E-state index in [1.54, 1.807) is 19.2 Å². The average molecular weight is 851 g/mol. The Hall–Kier alpha value is -7.88. The van der Waals surface area contributed by atoms with Crippen LogP contribution in [0.3, 0.4) is 0 Å². The van der Waals surface area contributed by atoms with Crippen molar-refractivity contribution >= 4 is 70.6 Å². The van der Waals surface area contributed by atoms with Crippen molar-refractivity contribution in [1.29, 1.82) is 0 Å². The van der Waals surface area contributed by atoms with Gasteiger partial charge in [-0.05, 0) is 126 Å². The second-order valence-corrected chi connectivity index (χ2v) is 14.7. The van der Waals surface area contributed by atoms with Crippen LogP contribution in [0.25, 0.3) is 24.3 Å². The summed E-state index contributed by atoms with van der Waals surface area (Å²) in [7, 11) is 1.68. The summed E-state index contributed by atoms with van der Waals surface area (Å²) in [6, 6.07) is 59.5. The summed E-state index contributed by atoms with van der Waals surface area (Å²) in [4.78, 5) is 27.5. The summed E-state index contributed by atoms with van der Waals surface area (Å²) in [5, 5.41) is 0. The molecule has 0 heterocycles. The lowest BCUT2D eigenvalue weighted by molar-refractivity contribution is -0.142. The zero-order valence-corrected chi connectivity index (χ0v) is 36.1. The number of aryl methyl sites for hydroxylation is 1. The molecule has 0 aliphatic heterocycles. The van der Waals surface area contributed by atoms with Gasteiger partial charge in [-0.3, -0.25) is 4.79 Å². The SMILES string of the molecule is COc1ccc(N(c2ccccc2)c2ccc(/C=C/c3ccc(/C=C/c4ccc(N(c5ccc(C)cc5)c5ccc(OC(=O)OCCOCCOC(C)=O)cc5)cc4)cc3)cc2)cc1. The summed E-state index contributed by atoms with van der Waals surface area (Å²) in [6.45, 7) is 3.91. The van der Waals surface area contributed by atoms with Crippen LogP contribution in [-0.4, -0.2) is 45.7 Å². The number of carbonyl (C=O) groups is 2. The number of benzene rings is 7. The van der Waals surface area contributed by atoms with Crippen molar-refractivity contribution < 1.29 is 33.3 Å². The largest absolute Gasteiger partial charge is 0.513 e. The number of nitrogens with zero attached hydrogens (tertiary/aromatic N) is 2. The van der Waals surface area contributed by atoms with E-state index in [-0.39, 0.29) is 32.4 Å². The van der Waals surface area contributed by atoms with Gasteiger partial charge in [0.05, 0.1) is 20.3 Å². The van der Waals surface area contributed by atoms with E-state index in [1.807, 2.05) is 30.3 Å². The molecule has 0 N–H and O–H groups in total. The van der Waals surface area contributed by atoms with Crippen LogP contribution in [0.4, 0.5) is 38.9 Å². The molecular formula is C55H50N2O7. The number of rotatable bonds is 18. The van der Waals surface area contributed by atoms with Gasteiger partial charge in [-0.25, -0.2) is 4.79 Å².